The molecule has 144 valence electrons. The molecule has 0 aliphatic carbocycles. The standard InChI is InChI=1S/C23H30N2O2/c1-4-21-17(2)9-14-22(24-21)18-10-12-19(13-11-18)23(26)25(3)15-5-7-20-8-6-16-27-20/h9-14,20H,4-8,15-16H2,1-3H3/t20-/m0/s1. The molecule has 0 spiro atoms. The largest absolute Gasteiger partial charge is 0.378 e. The molecule has 4 nitrogen and oxygen atoms in total. The topological polar surface area (TPSA) is 42.4 Å². The molecule has 1 aromatic carbocycles. The minimum absolute atomic E-state index is 0.0694. The number of pyridine rings is 1. The van der Waals surface area contributed by atoms with Crippen molar-refractivity contribution in [2.24, 2.45) is 0 Å². The number of rotatable bonds is 7. The van der Waals surface area contributed by atoms with E-state index in [1.165, 1.54) is 12.0 Å². The van der Waals surface area contributed by atoms with Gasteiger partial charge in [-0.2, -0.15) is 0 Å². The van der Waals surface area contributed by atoms with Crippen LogP contribution >= 0.6 is 0 Å². The van der Waals surface area contributed by atoms with Crippen molar-refractivity contribution in [3.05, 3.63) is 53.2 Å². The summed E-state index contributed by atoms with van der Waals surface area (Å²) in [6.45, 7) is 5.86. The molecule has 0 bridgehead atoms. The zero-order chi connectivity index (χ0) is 19.2. The zero-order valence-corrected chi connectivity index (χ0v) is 16.7. The predicted molar refractivity (Wildman–Crippen MR) is 109 cm³/mol. The van der Waals surface area contributed by atoms with E-state index in [0.717, 1.165) is 61.3 Å². The number of carbonyl (C=O) groups excluding carboxylic acids is 1. The Morgan fingerprint density at radius 3 is 2.67 bits per heavy atom. The first-order valence-corrected chi connectivity index (χ1v) is 10.0. The monoisotopic (exact) mass is 366 g/mol. The molecule has 0 saturated carbocycles. The molecule has 1 aliphatic rings. The van der Waals surface area contributed by atoms with Gasteiger partial charge in [0.15, 0.2) is 0 Å². The van der Waals surface area contributed by atoms with Crippen molar-refractivity contribution >= 4 is 5.91 Å². The molecule has 2 heterocycles. The average Bonchev–Trinajstić information content (AvgIpc) is 3.21. The van der Waals surface area contributed by atoms with Crippen LogP contribution in [-0.2, 0) is 11.2 Å². The van der Waals surface area contributed by atoms with Crippen LogP contribution < -0.4 is 0 Å². The minimum atomic E-state index is 0.0694. The second kappa shape index (κ2) is 9.14. The van der Waals surface area contributed by atoms with E-state index >= 15 is 0 Å². The van der Waals surface area contributed by atoms with Crippen LogP contribution in [0.4, 0.5) is 0 Å². The minimum Gasteiger partial charge on any atom is -0.378 e. The number of aryl methyl sites for hydroxylation is 2. The Bertz CT molecular complexity index is 764. The van der Waals surface area contributed by atoms with Crippen molar-refractivity contribution in [2.45, 2.75) is 52.1 Å². The van der Waals surface area contributed by atoms with E-state index in [0.29, 0.717) is 6.10 Å². The van der Waals surface area contributed by atoms with Crippen LogP contribution in [0.5, 0.6) is 0 Å². The van der Waals surface area contributed by atoms with Crippen molar-refractivity contribution in [1.82, 2.24) is 9.88 Å². The third kappa shape index (κ3) is 4.95. The predicted octanol–water partition coefficient (Wildman–Crippen LogP) is 4.65. The number of amides is 1. The first-order valence-electron chi connectivity index (χ1n) is 10.0. The highest BCUT2D eigenvalue weighted by Crippen LogP contribution is 2.21. The highest BCUT2D eigenvalue weighted by atomic mass is 16.5. The summed E-state index contributed by atoms with van der Waals surface area (Å²) in [5.41, 5.74) is 5.07. The molecular weight excluding hydrogens is 336 g/mol. The lowest BCUT2D eigenvalue weighted by molar-refractivity contribution is 0.0763. The van der Waals surface area contributed by atoms with Gasteiger partial charge in [-0.25, -0.2) is 0 Å². The smallest absolute Gasteiger partial charge is 0.253 e. The summed E-state index contributed by atoms with van der Waals surface area (Å²) in [6, 6.07) is 11.9. The van der Waals surface area contributed by atoms with Crippen LogP contribution in [-0.4, -0.2) is 42.1 Å². The van der Waals surface area contributed by atoms with Crippen molar-refractivity contribution < 1.29 is 9.53 Å². The SMILES string of the molecule is CCc1nc(-c2ccc(C(=O)N(C)CCC[C@H]3CCCO3)cc2)ccc1C. The maximum atomic E-state index is 12.6. The quantitative estimate of drug-likeness (QED) is 0.716. The second-order valence-corrected chi connectivity index (χ2v) is 7.39. The average molecular weight is 367 g/mol. The van der Waals surface area contributed by atoms with Crippen LogP contribution in [0.25, 0.3) is 11.3 Å². The van der Waals surface area contributed by atoms with Gasteiger partial charge in [-0.05, 0) is 62.8 Å². The summed E-state index contributed by atoms with van der Waals surface area (Å²) in [7, 11) is 1.88. The van der Waals surface area contributed by atoms with Crippen LogP contribution in [0.2, 0.25) is 0 Å². The summed E-state index contributed by atoms with van der Waals surface area (Å²) in [4.78, 5) is 19.2. The molecule has 1 atom stereocenters. The highest BCUT2D eigenvalue weighted by molar-refractivity contribution is 5.94. The summed E-state index contributed by atoms with van der Waals surface area (Å²) in [5.74, 6) is 0.0694. The number of nitrogens with zero attached hydrogens (tertiary/aromatic N) is 2. The molecule has 1 amide bonds. The first-order chi connectivity index (χ1) is 13.1. The fraction of sp³-hybridized carbons (Fsp3) is 0.478. The zero-order valence-electron chi connectivity index (χ0n) is 16.7. The van der Waals surface area contributed by atoms with Crippen molar-refractivity contribution in [3.63, 3.8) is 0 Å². The van der Waals surface area contributed by atoms with E-state index in [-0.39, 0.29) is 5.91 Å². The Morgan fingerprint density at radius 2 is 2.00 bits per heavy atom. The van der Waals surface area contributed by atoms with Gasteiger partial charge in [0.2, 0.25) is 0 Å². The maximum Gasteiger partial charge on any atom is 0.253 e. The number of ether oxygens (including phenoxy) is 1. The normalized spacial score (nSPS) is 16.5. The van der Waals surface area contributed by atoms with Crippen LogP contribution in [0, 0.1) is 6.92 Å². The number of benzene rings is 1. The summed E-state index contributed by atoms with van der Waals surface area (Å²) in [5, 5.41) is 0. The molecule has 27 heavy (non-hydrogen) atoms. The summed E-state index contributed by atoms with van der Waals surface area (Å²) < 4.78 is 5.65. The molecule has 4 heteroatoms. The van der Waals surface area contributed by atoms with Crippen LogP contribution in [0.15, 0.2) is 36.4 Å². The Balaban J connectivity index is 1.59. The number of hydrogen-bond acceptors (Lipinski definition) is 3. The van der Waals surface area contributed by atoms with Gasteiger partial charge in [0.1, 0.15) is 0 Å². The Morgan fingerprint density at radius 1 is 1.22 bits per heavy atom. The van der Waals surface area contributed by atoms with E-state index in [1.54, 1.807) is 0 Å². The van der Waals surface area contributed by atoms with Gasteiger partial charge in [0.05, 0.1) is 11.8 Å². The molecule has 2 aromatic rings. The van der Waals surface area contributed by atoms with E-state index in [9.17, 15) is 4.79 Å². The summed E-state index contributed by atoms with van der Waals surface area (Å²) in [6.07, 6.45) is 5.66. The van der Waals surface area contributed by atoms with Gasteiger partial charge in [0, 0.05) is 37.0 Å². The Hall–Kier alpha value is -2.20. The highest BCUT2D eigenvalue weighted by Gasteiger charge is 2.17. The van der Waals surface area contributed by atoms with Crippen molar-refractivity contribution in [3.8, 4) is 11.3 Å². The second-order valence-electron chi connectivity index (χ2n) is 7.39. The van der Waals surface area contributed by atoms with Gasteiger partial charge in [-0.15, -0.1) is 0 Å². The van der Waals surface area contributed by atoms with Gasteiger partial charge in [0.25, 0.3) is 5.91 Å². The molecule has 0 N–H and O–H groups in total. The third-order valence-electron chi connectivity index (χ3n) is 5.35. The lowest BCUT2D eigenvalue weighted by Gasteiger charge is -2.18. The lowest BCUT2D eigenvalue weighted by atomic mass is 10.1. The van der Waals surface area contributed by atoms with Gasteiger partial charge in [-0.1, -0.05) is 25.1 Å². The van der Waals surface area contributed by atoms with Crippen molar-refractivity contribution in [1.29, 1.82) is 0 Å². The number of hydrogen-bond donors (Lipinski definition) is 0. The van der Waals surface area contributed by atoms with E-state index in [2.05, 4.69) is 19.9 Å². The first kappa shape index (κ1) is 19.6. The lowest BCUT2D eigenvalue weighted by Crippen LogP contribution is -2.28. The molecule has 0 unspecified atom stereocenters. The van der Waals surface area contributed by atoms with Gasteiger partial charge < -0.3 is 9.64 Å². The van der Waals surface area contributed by atoms with Gasteiger partial charge >= 0.3 is 0 Å². The van der Waals surface area contributed by atoms with E-state index in [4.69, 9.17) is 9.72 Å². The third-order valence-corrected chi connectivity index (χ3v) is 5.35. The van der Waals surface area contributed by atoms with Crippen LogP contribution in [0.3, 0.4) is 0 Å². The fourth-order valence-corrected chi connectivity index (χ4v) is 3.62. The molecule has 3 rings (SSSR count). The van der Waals surface area contributed by atoms with Crippen LogP contribution in [0.1, 0.15) is 54.2 Å². The molecule has 1 aliphatic heterocycles. The molecular formula is C23H30N2O2. The van der Waals surface area contributed by atoms with Crippen molar-refractivity contribution in [2.75, 3.05) is 20.2 Å². The Kier molecular flexibility index (Phi) is 6.62. The molecule has 0 radical (unpaired) electrons. The molecule has 1 saturated heterocycles. The number of aromatic nitrogens is 1. The van der Waals surface area contributed by atoms with Gasteiger partial charge in [-0.3, -0.25) is 9.78 Å². The molecule has 1 fully saturated rings. The van der Waals surface area contributed by atoms with E-state index < -0.39 is 0 Å². The maximum absolute atomic E-state index is 12.6. The Labute approximate surface area is 162 Å². The summed E-state index contributed by atoms with van der Waals surface area (Å²) >= 11 is 0. The van der Waals surface area contributed by atoms with E-state index in [1.807, 2.05) is 42.3 Å². The molecule has 1 aromatic heterocycles. The number of carbonyl (C=O) groups is 1. The fourth-order valence-electron chi connectivity index (χ4n) is 3.62.